The van der Waals surface area contributed by atoms with Crippen LogP contribution in [0.15, 0.2) is 79.1 Å². The SMILES string of the molecule is Cc1ccc2c(CS(=O)(=O)Cc3ccc(C#N)cc3)c(F)ccc2c1Oc1ncccc1-c1ccnc(N[C@H]2CCCN(C(=O)OC(C)(C)C)C2)n1. The number of fused-ring (bicyclic) bond motifs is 1. The lowest BCUT2D eigenvalue weighted by Gasteiger charge is -2.34. The monoisotopic (exact) mass is 722 g/mol. The van der Waals surface area contributed by atoms with Gasteiger partial charge in [-0.25, -0.2) is 32.6 Å². The molecule has 0 unspecified atom stereocenters. The Morgan fingerprint density at radius 2 is 1.79 bits per heavy atom. The van der Waals surface area contributed by atoms with Crippen molar-refractivity contribution in [2.24, 2.45) is 0 Å². The van der Waals surface area contributed by atoms with E-state index in [9.17, 15) is 13.2 Å². The molecule has 0 aliphatic carbocycles. The summed E-state index contributed by atoms with van der Waals surface area (Å²) < 4.78 is 54.0. The summed E-state index contributed by atoms with van der Waals surface area (Å²) in [6.07, 6.45) is 4.50. The quantitative estimate of drug-likeness (QED) is 0.160. The Bertz CT molecular complexity index is 2270. The number of carbonyl (C=O) groups is 1. The van der Waals surface area contributed by atoms with Crippen LogP contribution in [-0.2, 0) is 26.1 Å². The van der Waals surface area contributed by atoms with Crippen LogP contribution in [0.4, 0.5) is 15.1 Å². The number of nitriles is 1. The largest absolute Gasteiger partial charge is 0.444 e. The molecule has 1 fully saturated rings. The van der Waals surface area contributed by atoms with Gasteiger partial charge in [-0.1, -0.05) is 24.3 Å². The van der Waals surface area contributed by atoms with Crippen molar-refractivity contribution in [3.8, 4) is 29.0 Å². The second-order valence-electron chi connectivity index (χ2n) is 13.8. The number of hydrogen-bond acceptors (Lipinski definition) is 10. The lowest BCUT2D eigenvalue weighted by Crippen LogP contribution is -2.47. The molecule has 1 N–H and O–H groups in total. The number of pyridine rings is 1. The summed E-state index contributed by atoms with van der Waals surface area (Å²) >= 11 is 0. The normalized spacial score (nSPS) is 14.8. The molecule has 1 atom stereocenters. The Balaban J connectivity index is 1.25. The Morgan fingerprint density at radius 3 is 2.54 bits per heavy atom. The number of sulfone groups is 1. The number of aryl methyl sites for hydroxylation is 1. The van der Waals surface area contributed by atoms with Crippen LogP contribution in [-0.4, -0.2) is 59.1 Å². The molecule has 6 rings (SSSR count). The predicted octanol–water partition coefficient (Wildman–Crippen LogP) is 7.73. The molecular formula is C39H39FN6O5S. The van der Waals surface area contributed by atoms with Gasteiger partial charge in [0.1, 0.15) is 17.2 Å². The summed E-state index contributed by atoms with van der Waals surface area (Å²) in [5.41, 5.74) is 2.23. The zero-order valence-electron chi connectivity index (χ0n) is 29.4. The first-order valence-electron chi connectivity index (χ1n) is 16.9. The molecule has 1 saturated heterocycles. The molecule has 3 aromatic carbocycles. The van der Waals surface area contributed by atoms with E-state index in [1.165, 1.54) is 6.07 Å². The van der Waals surface area contributed by atoms with Gasteiger partial charge >= 0.3 is 6.09 Å². The van der Waals surface area contributed by atoms with E-state index in [4.69, 9.17) is 19.7 Å². The van der Waals surface area contributed by atoms with Crippen molar-refractivity contribution < 1.29 is 27.1 Å². The third kappa shape index (κ3) is 8.63. The molecule has 11 nitrogen and oxygen atoms in total. The van der Waals surface area contributed by atoms with Crippen LogP contribution in [0.2, 0.25) is 0 Å². The molecule has 2 aromatic heterocycles. The lowest BCUT2D eigenvalue weighted by molar-refractivity contribution is 0.0206. The molecule has 1 amide bonds. The van der Waals surface area contributed by atoms with E-state index in [1.807, 2.05) is 39.8 Å². The number of hydrogen-bond donors (Lipinski definition) is 1. The average molecular weight is 723 g/mol. The van der Waals surface area contributed by atoms with Crippen molar-refractivity contribution >= 4 is 32.7 Å². The van der Waals surface area contributed by atoms with Gasteiger partial charge in [0.25, 0.3) is 0 Å². The molecule has 13 heteroatoms. The Hall–Kier alpha value is -5.61. The first-order chi connectivity index (χ1) is 24.8. The standard InChI is InChI=1S/C39H39FN6O5S/c1-25-9-14-29-30(15-16-33(40)32(29)24-52(48,49)23-27-12-10-26(21-41)11-13-27)35(25)50-36-31(8-5-18-42-36)34-17-19-43-37(45-34)44-28-7-6-20-46(22-28)38(47)51-39(2,3)4/h5,8-19,28H,6-7,20,22-24H2,1-4H3,(H,43,44,45)/t28-/m0/s1. The van der Waals surface area contributed by atoms with Gasteiger partial charge in [0.2, 0.25) is 11.8 Å². The van der Waals surface area contributed by atoms with Gasteiger partial charge in [-0.15, -0.1) is 0 Å². The number of ether oxygens (including phenoxy) is 2. The molecule has 5 aromatic rings. The van der Waals surface area contributed by atoms with Crippen molar-refractivity contribution in [1.29, 1.82) is 5.26 Å². The maximum Gasteiger partial charge on any atom is 0.410 e. The van der Waals surface area contributed by atoms with Crippen LogP contribution in [0.5, 0.6) is 11.6 Å². The first-order valence-corrected chi connectivity index (χ1v) is 18.7. The second kappa shape index (κ2) is 14.9. The number of carbonyl (C=O) groups excluding carboxylic acids is 1. The minimum absolute atomic E-state index is 0.0386. The zero-order chi connectivity index (χ0) is 37.0. The zero-order valence-corrected chi connectivity index (χ0v) is 30.2. The number of anilines is 1. The molecule has 268 valence electrons. The van der Waals surface area contributed by atoms with Gasteiger partial charge in [0.05, 0.1) is 34.4 Å². The minimum Gasteiger partial charge on any atom is -0.444 e. The molecule has 0 saturated carbocycles. The molecule has 0 bridgehead atoms. The first kappa shape index (κ1) is 36.2. The summed E-state index contributed by atoms with van der Waals surface area (Å²) in [6, 6.07) is 19.8. The van der Waals surface area contributed by atoms with Gasteiger partial charge < -0.3 is 19.7 Å². The number of rotatable bonds is 9. The highest BCUT2D eigenvalue weighted by molar-refractivity contribution is 7.89. The smallest absolute Gasteiger partial charge is 0.410 e. The fraction of sp³-hybridized carbons (Fsp3) is 0.308. The van der Waals surface area contributed by atoms with Gasteiger partial charge in [0, 0.05) is 42.5 Å². The van der Waals surface area contributed by atoms with Gasteiger partial charge in [-0.2, -0.15) is 5.26 Å². The van der Waals surface area contributed by atoms with Crippen molar-refractivity contribution in [3.63, 3.8) is 0 Å². The molecular weight excluding hydrogens is 684 g/mol. The maximum absolute atomic E-state index is 15.4. The number of likely N-dealkylation sites (tertiary alicyclic amines) is 1. The van der Waals surface area contributed by atoms with E-state index in [2.05, 4.69) is 15.3 Å². The van der Waals surface area contributed by atoms with Gasteiger partial charge in [-0.05, 0) is 99.5 Å². The Kier molecular flexibility index (Phi) is 10.4. The van der Waals surface area contributed by atoms with Gasteiger partial charge in [-0.3, -0.25) is 0 Å². The number of nitrogens with zero attached hydrogens (tertiary/aromatic N) is 5. The molecule has 0 radical (unpaired) electrons. The second-order valence-corrected chi connectivity index (χ2v) is 15.9. The van der Waals surface area contributed by atoms with E-state index in [0.717, 1.165) is 18.4 Å². The number of halogens is 1. The van der Waals surface area contributed by atoms with Crippen LogP contribution in [0, 0.1) is 24.1 Å². The van der Waals surface area contributed by atoms with E-state index in [0.29, 0.717) is 57.9 Å². The van der Waals surface area contributed by atoms with Crippen molar-refractivity contribution in [3.05, 3.63) is 107 Å². The molecule has 52 heavy (non-hydrogen) atoms. The molecule has 3 heterocycles. The summed E-state index contributed by atoms with van der Waals surface area (Å²) in [4.78, 5) is 28.1. The van der Waals surface area contributed by atoms with Crippen LogP contribution in [0.1, 0.15) is 55.9 Å². The highest BCUT2D eigenvalue weighted by Crippen LogP contribution is 2.38. The lowest BCUT2D eigenvalue weighted by atomic mass is 10.0. The van der Waals surface area contributed by atoms with Crippen LogP contribution >= 0.6 is 0 Å². The summed E-state index contributed by atoms with van der Waals surface area (Å²) in [6.45, 7) is 8.43. The number of benzene rings is 3. The minimum atomic E-state index is -3.80. The average Bonchev–Trinajstić information content (AvgIpc) is 3.10. The van der Waals surface area contributed by atoms with Crippen molar-refractivity contribution in [2.45, 2.75) is 63.7 Å². The third-order valence-corrected chi connectivity index (χ3v) is 10.0. The van der Waals surface area contributed by atoms with E-state index >= 15 is 4.39 Å². The molecule has 1 aliphatic heterocycles. The molecule has 0 spiro atoms. The fourth-order valence-corrected chi connectivity index (χ4v) is 7.65. The maximum atomic E-state index is 15.4. The third-order valence-electron chi connectivity index (χ3n) is 8.54. The summed E-state index contributed by atoms with van der Waals surface area (Å²) in [5, 5.41) is 13.4. The number of amides is 1. The van der Waals surface area contributed by atoms with E-state index in [1.54, 1.807) is 71.9 Å². The molecule has 1 aliphatic rings. The fourth-order valence-electron chi connectivity index (χ4n) is 6.12. The van der Waals surface area contributed by atoms with Crippen molar-refractivity contribution in [1.82, 2.24) is 19.9 Å². The Labute approximate surface area is 302 Å². The van der Waals surface area contributed by atoms with Crippen molar-refractivity contribution in [2.75, 3.05) is 18.4 Å². The number of piperidine rings is 1. The predicted molar refractivity (Wildman–Crippen MR) is 196 cm³/mol. The van der Waals surface area contributed by atoms with Crippen LogP contribution in [0.25, 0.3) is 22.0 Å². The topological polar surface area (TPSA) is 147 Å². The van der Waals surface area contributed by atoms with Crippen LogP contribution < -0.4 is 10.1 Å². The summed E-state index contributed by atoms with van der Waals surface area (Å²) in [7, 11) is -3.80. The van der Waals surface area contributed by atoms with E-state index in [-0.39, 0.29) is 29.3 Å². The Morgan fingerprint density at radius 1 is 1.02 bits per heavy atom. The number of nitrogens with one attached hydrogen (secondary N) is 1. The highest BCUT2D eigenvalue weighted by Gasteiger charge is 2.28. The van der Waals surface area contributed by atoms with Gasteiger partial charge in [0.15, 0.2) is 9.84 Å². The number of aromatic nitrogens is 3. The summed E-state index contributed by atoms with van der Waals surface area (Å²) in [5.74, 6) is -0.444. The van der Waals surface area contributed by atoms with E-state index < -0.39 is 27.0 Å². The highest BCUT2D eigenvalue weighted by atomic mass is 32.2. The van der Waals surface area contributed by atoms with Crippen LogP contribution in [0.3, 0.4) is 0 Å².